The minimum Gasteiger partial charge on any atom is -0.390 e. The van der Waals surface area contributed by atoms with E-state index in [-0.39, 0.29) is 24.5 Å². The molecule has 110 valence electrons. The normalized spacial score (nSPS) is 25.9. The maximum Gasteiger partial charge on any atom is 0.226 e. The van der Waals surface area contributed by atoms with Crippen LogP contribution in [0.2, 0.25) is 0 Å². The van der Waals surface area contributed by atoms with Gasteiger partial charge in [-0.05, 0) is 19.3 Å². The quantitative estimate of drug-likeness (QED) is 0.793. The Balaban J connectivity index is 1.76. The summed E-state index contributed by atoms with van der Waals surface area (Å²) >= 11 is 0. The fraction of sp³-hybridized carbons (Fsp3) is 0.714. The van der Waals surface area contributed by atoms with Crippen molar-refractivity contribution in [1.82, 2.24) is 14.7 Å². The molecule has 2 aliphatic rings. The summed E-state index contributed by atoms with van der Waals surface area (Å²) in [6, 6.07) is 0.177. The van der Waals surface area contributed by atoms with E-state index in [1.165, 1.54) is 0 Å². The van der Waals surface area contributed by atoms with Crippen LogP contribution in [0.15, 0.2) is 0 Å². The van der Waals surface area contributed by atoms with E-state index >= 15 is 0 Å². The average Bonchev–Trinajstić information content (AvgIpc) is 3.02. The summed E-state index contributed by atoms with van der Waals surface area (Å²) < 4.78 is 1.83. The zero-order chi connectivity index (χ0) is 14.3. The predicted molar refractivity (Wildman–Crippen MR) is 73.6 cm³/mol. The molecule has 1 fully saturated rings. The van der Waals surface area contributed by atoms with Crippen LogP contribution in [-0.4, -0.2) is 38.3 Å². The lowest BCUT2D eigenvalue weighted by Gasteiger charge is -2.30. The van der Waals surface area contributed by atoms with E-state index in [0.717, 1.165) is 43.5 Å². The Morgan fingerprint density at radius 3 is 2.95 bits per heavy atom. The second kappa shape index (κ2) is 5.18. The molecule has 1 amide bonds. The maximum absolute atomic E-state index is 12.5. The van der Waals surface area contributed by atoms with E-state index in [1.54, 1.807) is 0 Å². The highest BCUT2D eigenvalue weighted by atomic mass is 16.3. The number of hydrogen-bond acceptors (Lipinski definition) is 4. The van der Waals surface area contributed by atoms with Gasteiger partial charge in [-0.3, -0.25) is 9.48 Å². The van der Waals surface area contributed by atoms with Gasteiger partial charge in [-0.2, -0.15) is 5.10 Å². The van der Waals surface area contributed by atoms with E-state index in [4.69, 9.17) is 5.73 Å². The van der Waals surface area contributed by atoms with E-state index in [2.05, 4.69) is 5.10 Å². The summed E-state index contributed by atoms with van der Waals surface area (Å²) in [6.45, 7) is 1.24. The minimum atomic E-state index is -0.0699. The summed E-state index contributed by atoms with van der Waals surface area (Å²) in [5.74, 6) is 0.303. The number of fused-ring (bicyclic) bond motifs is 1. The minimum absolute atomic E-state index is 0.0699. The topological polar surface area (TPSA) is 84.4 Å². The van der Waals surface area contributed by atoms with Crippen molar-refractivity contribution in [2.75, 3.05) is 6.54 Å². The first-order chi connectivity index (χ1) is 9.60. The number of aryl methyl sites for hydroxylation is 1. The largest absolute Gasteiger partial charge is 0.390 e. The zero-order valence-electron chi connectivity index (χ0n) is 11.9. The van der Waals surface area contributed by atoms with Gasteiger partial charge in [0.25, 0.3) is 0 Å². The zero-order valence-corrected chi connectivity index (χ0v) is 11.9. The molecular weight excluding hydrogens is 256 g/mol. The van der Waals surface area contributed by atoms with Crippen molar-refractivity contribution in [2.24, 2.45) is 18.7 Å². The van der Waals surface area contributed by atoms with Crippen molar-refractivity contribution >= 4 is 5.91 Å². The summed E-state index contributed by atoms with van der Waals surface area (Å²) in [5, 5.41) is 13.7. The van der Waals surface area contributed by atoms with Gasteiger partial charge in [0, 0.05) is 49.8 Å². The molecule has 2 atom stereocenters. The number of hydrogen-bond donors (Lipinski definition) is 2. The van der Waals surface area contributed by atoms with Gasteiger partial charge in [0.1, 0.15) is 0 Å². The van der Waals surface area contributed by atoms with Crippen molar-refractivity contribution in [2.45, 2.75) is 44.9 Å². The van der Waals surface area contributed by atoms with E-state index < -0.39 is 0 Å². The molecule has 0 radical (unpaired) electrons. The standard InChI is InChI=1S/C14H22N4O2/c1-17-13-4-5-18(7-11(13)12(8-19)16-17)14(20)9-2-3-10(15)6-9/h9-10,19H,2-8,15H2,1H3/t9-,10+/m0/s1. The van der Waals surface area contributed by atoms with Gasteiger partial charge >= 0.3 is 0 Å². The van der Waals surface area contributed by atoms with Crippen molar-refractivity contribution in [3.8, 4) is 0 Å². The molecule has 0 bridgehead atoms. The van der Waals surface area contributed by atoms with Gasteiger partial charge < -0.3 is 15.7 Å². The fourth-order valence-corrected chi connectivity index (χ4v) is 3.48. The number of carbonyl (C=O) groups is 1. The molecule has 20 heavy (non-hydrogen) atoms. The average molecular weight is 278 g/mol. The number of carbonyl (C=O) groups excluding carboxylic acids is 1. The maximum atomic E-state index is 12.5. The van der Waals surface area contributed by atoms with Gasteiger partial charge in [-0.1, -0.05) is 0 Å². The molecule has 1 saturated carbocycles. The Morgan fingerprint density at radius 2 is 2.30 bits per heavy atom. The molecule has 1 aromatic heterocycles. The van der Waals surface area contributed by atoms with Gasteiger partial charge in [0.05, 0.1) is 12.3 Å². The van der Waals surface area contributed by atoms with Gasteiger partial charge in [-0.25, -0.2) is 0 Å². The summed E-state index contributed by atoms with van der Waals surface area (Å²) in [5.41, 5.74) is 8.76. The number of rotatable bonds is 2. The smallest absolute Gasteiger partial charge is 0.226 e. The Morgan fingerprint density at radius 1 is 1.50 bits per heavy atom. The van der Waals surface area contributed by atoms with Crippen LogP contribution in [0.25, 0.3) is 0 Å². The molecule has 0 aromatic carbocycles. The van der Waals surface area contributed by atoms with E-state index in [1.807, 2.05) is 16.6 Å². The number of aromatic nitrogens is 2. The third kappa shape index (κ3) is 2.23. The van der Waals surface area contributed by atoms with Crippen LogP contribution in [0.5, 0.6) is 0 Å². The summed E-state index contributed by atoms with van der Waals surface area (Å²) in [4.78, 5) is 14.5. The number of aliphatic hydroxyl groups is 1. The first-order valence-corrected chi connectivity index (χ1v) is 7.29. The van der Waals surface area contributed by atoms with E-state index in [9.17, 15) is 9.90 Å². The van der Waals surface area contributed by atoms with Crippen LogP contribution in [0.3, 0.4) is 0 Å². The summed E-state index contributed by atoms with van der Waals surface area (Å²) in [7, 11) is 1.89. The van der Waals surface area contributed by atoms with Crippen LogP contribution in [0.1, 0.15) is 36.2 Å². The number of nitrogens with zero attached hydrogens (tertiary/aromatic N) is 3. The molecule has 3 N–H and O–H groups in total. The molecular formula is C14H22N4O2. The predicted octanol–water partition coefficient (Wildman–Crippen LogP) is -0.0755. The highest BCUT2D eigenvalue weighted by Crippen LogP contribution is 2.29. The number of nitrogens with two attached hydrogens (primary N) is 1. The van der Waals surface area contributed by atoms with Crippen molar-refractivity contribution < 1.29 is 9.90 Å². The molecule has 0 spiro atoms. The van der Waals surface area contributed by atoms with Crippen molar-refractivity contribution in [3.05, 3.63) is 17.0 Å². The van der Waals surface area contributed by atoms with Crippen molar-refractivity contribution in [3.63, 3.8) is 0 Å². The summed E-state index contributed by atoms with van der Waals surface area (Å²) in [6.07, 6.45) is 3.47. The van der Waals surface area contributed by atoms with Gasteiger partial charge in [0.15, 0.2) is 0 Å². The second-order valence-electron chi connectivity index (χ2n) is 5.93. The number of aliphatic hydroxyl groups excluding tert-OH is 1. The first-order valence-electron chi connectivity index (χ1n) is 7.29. The lowest BCUT2D eigenvalue weighted by atomic mass is 10.0. The van der Waals surface area contributed by atoms with Crippen LogP contribution in [0, 0.1) is 5.92 Å². The Bertz CT molecular complexity index is 525. The third-order valence-corrected chi connectivity index (χ3v) is 4.61. The third-order valence-electron chi connectivity index (χ3n) is 4.61. The molecule has 1 aromatic rings. The van der Waals surface area contributed by atoms with Crippen LogP contribution < -0.4 is 5.73 Å². The highest BCUT2D eigenvalue weighted by Gasteiger charge is 2.33. The van der Waals surface area contributed by atoms with E-state index in [0.29, 0.717) is 12.2 Å². The fourth-order valence-electron chi connectivity index (χ4n) is 3.48. The molecule has 0 unspecified atom stereocenters. The Hall–Kier alpha value is -1.40. The Kier molecular flexibility index (Phi) is 3.52. The van der Waals surface area contributed by atoms with Gasteiger partial charge in [-0.15, -0.1) is 0 Å². The lowest BCUT2D eigenvalue weighted by molar-refractivity contribution is -0.136. The molecule has 1 aliphatic heterocycles. The lowest BCUT2D eigenvalue weighted by Crippen LogP contribution is -2.40. The molecule has 6 nitrogen and oxygen atoms in total. The monoisotopic (exact) mass is 278 g/mol. The van der Waals surface area contributed by atoms with Crippen LogP contribution >= 0.6 is 0 Å². The Labute approximate surface area is 118 Å². The molecule has 0 saturated heterocycles. The first kappa shape index (κ1) is 13.6. The van der Waals surface area contributed by atoms with Crippen LogP contribution in [0.4, 0.5) is 0 Å². The molecule has 3 rings (SSSR count). The molecule has 6 heteroatoms. The number of amides is 1. The van der Waals surface area contributed by atoms with Crippen molar-refractivity contribution in [1.29, 1.82) is 0 Å². The second-order valence-corrected chi connectivity index (χ2v) is 5.93. The highest BCUT2D eigenvalue weighted by molar-refractivity contribution is 5.79. The molecule has 2 heterocycles. The molecule has 1 aliphatic carbocycles. The van der Waals surface area contributed by atoms with Crippen LogP contribution in [-0.2, 0) is 31.4 Å². The SMILES string of the molecule is Cn1nc(CO)c2c1CCN(C(=O)[C@H]1CC[C@@H](N)C1)C2. The van der Waals surface area contributed by atoms with Gasteiger partial charge in [0.2, 0.25) is 5.91 Å².